The highest BCUT2D eigenvalue weighted by Crippen LogP contribution is 2.36. The third-order valence-corrected chi connectivity index (χ3v) is 6.35. The van der Waals surface area contributed by atoms with Crippen LogP contribution >= 0.6 is 11.8 Å². The van der Waals surface area contributed by atoms with Gasteiger partial charge in [-0.1, -0.05) is 0 Å². The van der Waals surface area contributed by atoms with Crippen molar-refractivity contribution < 1.29 is 28.5 Å². The van der Waals surface area contributed by atoms with Gasteiger partial charge in [-0.05, 0) is 36.4 Å². The van der Waals surface area contributed by atoms with Crippen LogP contribution in [0.15, 0.2) is 36.5 Å². The number of amides is 2. The Labute approximate surface area is 183 Å². The van der Waals surface area contributed by atoms with Gasteiger partial charge in [0.25, 0.3) is 5.91 Å². The molecule has 2 saturated heterocycles. The maximum atomic E-state index is 12.7. The minimum atomic E-state index is -0.478. The molecule has 1 aromatic carbocycles. The van der Waals surface area contributed by atoms with Crippen LogP contribution in [0.3, 0.4) is 0 Å². The lowest BCUT2D eigenvalue weighted by atomic mass is 10.2. The topological polar surface area (TPSA) is 99.2 Å². The lowest BCUT2D eigenvalue weighted by molar-refractivity contribution is 0.0908. The Balaban J connectivity index is 1.20. The Morgan fingerprint density at radius 3 is 3.06 bits per heavy atom. The first-order chi connectivity index (χ1) is 15.2. The molecule has 1 aromatic heterocycles. The molecule has 2 aromatic rings. The predicted molar refractivity (Wildman–Crippen MR) is 113 cm³/mol. The molecule has 3 aliphatic heterocycles. The van der Waals surface area contributed by atoms with Gasteiger partial charge < -0.3 is 24.3 Å². The van der Waals surface area contributed by atoms with Crippen LogP contribution in [0.4, 0.5) is 10.5 Å². The maximum absolute atomic E-state index is 12.7. The molecule has 0 aliphatic carbocycles. The predicted octanol–water partition coefficient (Wildman–Crippen LogP) is 2.45. The van der Waals surface area contributed by atoms with Gasteiger partial charge in [-0.2, -0.15) is 11.8 Å². The summed E-state index contributed by atoms with van der Waals surface area (Å²) in [6, 6.07) is 8.65. The number of thioether (sulfide) groups is 1. The molecule has 2 amide bonds. The van der Waals surface area contributed by atoms with Crippen LogP contribution in [-0.2, 0) is 4.74 Å². The van der Waals surface area contributed by atoms with E-state index in [-0.39, 0.29) is 25.3 Å². The van der Waals surface area contributed by atoms with E-state index in [1.165, 1.54) is 4.90 Å². The maximum Gasteiger partial charge on any atom is 0.414 e. The van der Waals surface area contributed by atoms with E-state index in [4.69, 9.17) is 18.9 Å². The van der Waals surface area contributed by atoms with Crippen molar-refractivity contribution in [1.82, 2.24) is 10.3 Å². The highest BCUT2D eigenvalue weighted by atomic mass is 32.2. The summed E-state index contributed by atoms with van der Waals surface area (Å²) in [5.74, 6) is 3.19. The average molecular weight is 443 g/mol. The molecule has 3 aliphatic rings. The largest absolute Gasteiger partial charge is 0.473 e. The number of rotatable bonds is 6. The number of carbonyl (C=O) groups is 2. The second-order valence-electron chi connectivity index (χ2n) is 7.32. The van der Waals surface area contributed by atoms with Crippen LogP contribution in [0.2, 0.25) is 0 Å². The number of carbonyl (C=O) groups excluding carboxylic acids is 2. The fourth-order valence-corrected chi connectivity index (χ4v) is 4.71. The first-order valence-electron chi connectivity index (χ1n) is 10.0. The number of nitrogens with one attached hydrogen (secondary N) is 1. The van der Waals surface area contributed by atoms with Crippen LogP contribution in [0.5, 0.6) is 17.4 Å². The molecule has 1 N–H and O–H groups in total. The molecule has 9 nitrogen and oxygen atoms in total. The Bertz CT molecular complexity index is 997. The van der Waals surface area contributed by atoms with Crippen molar-refractivity contribution in [2.45, 2.75) is 18.6 Å². The van der Waals surface area contributed by atoms with Gasteiger partial charge in [0.1, 0.15) is 17.8 Å². The van der Waals surface area contributed by atoms with Crippen molar-refractivity contribution in [3.63, 3.8) is 0 Å². The van der Waals surface area contributed by atoms with Crippen LogP contribution in [0.1, 0.15) is 16.8 Å². The second kappa shape index (κ2) is 8.54. The third-order valence-electron chi connectivity index (χ3n) is 5.21. The molecule has 4 heterocycles. The summed E-state index contributed by atoms with van der Waals surface area (Å²) in [7, 11) is 0. The zero-order valence-electron chi connectivity index (χ0n) is 16.6. The van der Waals surface area contributed by atoms with Gasteiger partial charge in [0.2, 0.25) is 12.7 Å². The van der Waals surface area contributed by atoms with Crippen molar-refractivity contribution in [2.24, 2.45) is 0 Å². The smallest absolute Gasteiger partial charge is 0.414 e. The van der Waals surface area contributed by atoms with Gasteiger partial charge >= 0.3 is 6.09 Å². The quantitative estimate of drug-likeness (QED) is 0.727. The Kier molecular flexibility index (Phi) is 5.46. The minimum absolute atomic E-state index is 0.0671. The van der Waals surface area contributed by atoms with Gasteiger partial charge in [-0.25, -0.2) is 9.78 Å². The molecule has 0 bridgehead atoms. The Morgan fingerprint density at radius 2 is 2.19 bits per heavy atom. The van der Waals surface area contributed by atoms with Gasteiger partial charge in [-0.3, -0.25) is 9.69 Å². The average Bonchev–Trinajstić information content (AvgIpc) is 3.53. The van der Waals surface area contributed by atoms with Crippen LogP contribution in [0, 0.1) is 0 Å². The summed E-state index contributed by atoms with van der Waals surface area (Å²) in [6.07, 6.45) is 1.67. The lowest BCUT2D eigenvalue weighted by Gasteiger charge is -2.15. The first kappa shape index (κ1) is 19.8. The van der Waals surface area contributed by atoms with Gasteiger partial charge in [0, 0.05) is 18.0 Å². The van der Waals surface area contributed by atoms with Crippen molar-refractivity contribution in [2.75, 3.05) is 36.3 Å². The van der Waals surface area contributed by atoms with Gasteiger partial charge in [-0.15, -0.1) is 0 Å². The van der Waals surface area contributed by atoms with Crippen molar-refractivity contribution in [3.05, 3.63) is 42.1 Å². The molecule has 0 radical (unpaired) electrons. The first-order valence-corrected chi connectivity index (χ1v) is 11.2. The van der Waals surface area contributed by atoms with E-state index >= 15 is 0 Å². The van der Waals surface area contributed by atoms with E-state index in [1.807, 2.05) is 11.8 Å². The summed E-state index contributed by atoms with van der Waals surface area (Å²) in [5.41, 5.74) is 1.02. The Morgan fingerprint density at radius 1 is 1.29 bits per heavy atom. The van der Waals surface area contributed by atoms with Crippen molar-refractivity contribution in [1.29, 1.82) is 0 Å². The third kappa shape index (κ3) is 4.20. The number of nitrogens with zero attached hydrogens (tertiary/aromatic N) is 2. The van der Waals surface area contributed by atoms with E-state index in [9.17, 15) is 9.59 Å². The SMILES string of the molecule is O=C(NCC1CN(c2ccc3c(c2)OCO3)C(=O)O1)c1cccnc1OC1CCSC1. The van der Waals surface area contributed by atoms with Gasteiger partial charge in [0.15, 0.2) is 11.5 Å². The molecular weight excluding hydrogens is 422 g/mol. The fourth-order valence-electron chi connectivity index (χ4n) is 3.61. The lowest BCUT2D eigenvalue weighted by Crippen LogP contribution is -2.35. The molecular formula is C21H21N3O6S. The Hall–Kier alpha value is -3.14. The summed E-state index contributed by atoms with van der Waals surface area (Å²) in [5, 5.41) is 2.83. The molecule has 0 saturated carbocycles. The number of benzene rings is 1. The summed E-state index contributed by atoms with van der Waals surface area (Å²) in [6.45, 7) is 0.658. The standard InChI is InChI=1S/C21H21N3O6S/c25-19(16-2-1-6-22-20(16)29-14-5-7-31-11-14)23-9-15-10-24(21(26)30-15)13-3-4-17-18(8-13)28-12-27-17/h1-4,6,8,14-15H,5,7,9-12H2,(H,23,25). The summed E-state index contributed by atoms with van der Waals surface area (Å²) < 4.78 is 22.0. The van der Waals surface area contributed by atoms with Crippen LogP contribution in [0.25, 0.3) is 0 Å². The summed E-state index contributed by atoms with van der Waals surface area (Å²) >= 11 is 1.83. The van der Waals surface area contributed by atoms with E-state index in [0.29, 0.717) is 35.2 Å². The summed E-state index contributed by atoms with van der Waals surface area (Å²) in [4.78, 5) is 30.8. The molecule has 2 atom stereocenters. The highest BCUT2D eigenvalue weighted by molar-refractivity contribution is 7.99. The van der Waals surface area contributed by atoms with E-state index in [0.717, 1.165) is 17.9 Å². The zero-order chi connectivity index (χ0) is 21.2. The van der Waals surface area contributed by atoms with Crippen molar-refractivity contribution >= 4 is 29.4 Å². The number of fused-ring (bicyclic) bond motifs is 1. The molecule has 10 heteroatoms. The number of ether oxygens (including phenoxy) is 4. The highest BCUT2D eigenvalue weighted by Gasteiger charge is 2.33. The van der Waals surface area contributed by atoms with Gasteiger partial charge in [0.05, 0.1) is 18.8 Å². The second-order valence-corrected chi connectivity index (χ2v) is 8.47. The monoisotopic (exact) mass is 443 g/mol. The fraction of sp³-hybridized carbons (Fsp3) is 0.381. The number of pyridine rings is 1. The number of hydrogen-bond acceptors (Lipinski definition) is 8. The van der Waals surface area contributed by atoms with E-state index in [1.54, 1.807) is 36.5 Å². The normalized spacial score (nSPS) is 21.8. The van der Waals surface area contributed by atoms with E-state index < -0.39 is 12.2 Å². The number of hydrogen-bond donors (Lipinski definition) is 1. The van der Waals surface area contributed by atoms with Crippen LogP contribution in [-0.4, -0.2) is 60.6 Å². The number of cyclic esters (lactones) is 1. The number of anilines is 1. The number of aromatic nitrogens is 1. The van der Waals surface area contributed by atoms with E-state index in [2.05, 4.69) is 10.3 Å². The zero-order valence-corrected chi connectivity index (χ0v) is 17.4. The molecule has 5 rings (SSSR count). The molecule has 2 fully saturated rings. The van der Waals surface area contributed by atoms with Crippen LogP contribution < -0.4 is 24.4 Å². The molecule has 2 unspecified atom stereocenters. The molecule has 162 valence electrons. The molecule has 31 heavy (non-hydrogen) atoms. The van der Waals surface area contributed by atoms with Crippen molar-refractivity contribution in [3.8, 4) is 17.4 Å². The molecule has 0 spiro atoms. The minimum Gasteiger partial charge on any atom is -0.473 e.